The van der Waals surface area contributed by atoms with Gasteiger partial charge in [0.05, 0.1) is 0 Å². The van der Waals surface area contributed by atoms with Gasteiger partial charge in [-0.1, -0.05) is 31.5 Å². The van der Waals surface area contributed by atoms with Gasteiger partial charge in [-0.3, -0.25) is 4.79 Å². The molecule has 0 bridgehead atoms. The van der Waals surface area contributed by atoms with Crippen LogP contribution in [0, 0.1) is 5.92 Å². The summed E-state index contributed by atoms with van der Waals surface area (Å²) >= 11 is 5.70. The van der Waals surface area contributed by atoms with Gasteiger partial charge < -0.3 is 5.32 Å². The zero-order valence-corrected chi connectivity index (χ0v) is 10.4. The van der Waals surface area contributed by atoms with E-state index in [2.05, 4.69) is 24.1 Å². The largest absolute Gasteiger partial charge is 0.351 e. The van der Waals surface area contributed by atoms with Crippen molar-refractivity contribution in [3.05, 3.63) is 29.0 Å². The molecule has 4 heteroatoms. The zero-order valence-electron chi connectivity index (χ0n) is 9.66. The summed E-state index contributed by atoms with van der Waals surface area (Å²) in [4.78, 5) is 15.5. The summed E-state index contributed by atoms with van der Waals surface area (Å²) in [6.45, 7) is 5.02. The molecule has 0 atom stereocenters. The van der Waals surface area contributed by atoms with Crippen molar-refractivity contribution >= 4 is 17.5 Å². The average Bonchev–Trinajstić information content (AvgIpc) is 2.24. The van der Waals surface area contributed by atoms with Gasteiger partial charge in [0.1, 0.15) is 10.8 Å². The molecule has 0 aliphatic rings. The summed E-state index contributed by atoms with van der Waals surface area (Å²) in [5.74, 6) is 0.507. The molecule has 0 aromatic carbocycles. The van der Waals surface area contributed by atoms with Crippen LogP contribution in [0.2, 0.25) is 5.15 Å². The van der Waals surface area contributed by atoms with E-state index in [1.165, 1.54) is 0 Å². The maximum Gasteiger partial charge on any atom is 0.269 e. The fourth-order valence-corrected chi connectivity index (χ4v) is 1.50. The van der Waals surface area contributed by atoms with Crippen molar-refractivity contribution < 1.29 is 4.79 Å². The third kappa shape index (κ3) is 4.62. The first-order valence-electron chi connectivity index (χ1n) is 5.50. The van der Waals surface area contributed by atoms with Crippen LogP contribution in [0.3, 0.4) is 0 Å². The summed E-state index contributed by atoms with van der Waals surface area (Å²) < 4.78 is 0. The molecule has 88 valence electrons. The summed E-state index contributed by atoms with van der Waals surface area (Å²) in [6, 6.07) is 5.03. The highest BCUT2D eigenvalue weighted by Crippen LogP contribution is 2.05. The van der Waals surface area contributed by atoms with Crippen LogP contribution in [0.4, 0.5) is 0 Å². The number of nitrogens with zero attached hydrogens (tertiary/aromatic N) is 1. The normalized spacial score (nSPS) is 10.5. The van der Waals surface area contributed by atoms with Crippen LogP contribution in [0.15, 0.2) is 18.2 Å². The molecule has 1 N–H and O–H groups in total. The number of carbonyl (C=O) groups is 1. The van der Waals surface area contributed by atoms with Gasteiger partial charge in [0.15, 0.2) is 0 Å². The Morgan fingerprint density at radius 3 is 2.88 bits per heavy atom. The Balaban J connectivity index is 2.35. The van der Waals surface area contributed by atoms with Crippen molar-refractivity contribution in [1.82, 2.24) is 10.3 Å². The van der Waals surface area contributed by atoms with Gasteiger partial charge in [-0.25, -0.2) is 4.98 Å². The standard InChI is InChI=1S/C12H17ClN2O/c1-9(2)5-4-8-14-12(16)10-6-3-7-11(13)15-10/h3,6-7,9H,4-5,8H2,1-2H3,(H,14,16). The van der Waals surface area contributed by atoms with Gasteiger partial charge >= 0.3 is 0 Å². The lowest BCUT2D eigenvalue weighted by Crippen LogP contribution is -2.25. The molecule has 1 aromatic heterocycles. The van der Waals surface area contributed by atoms with E-state index in [-0.39, 0.29) is 5.91 Å². The van der Waals surface area contributed by atoms with Crippen molar-refractivity contribution in [2.75, 3.05) is 6.54 Å². The highest BCUT2D eigenvalue weighted by atomic mass is 35.5. The Hall–Kier alpha value is -1.09. The third-order valence-corrected chi connectivity index (χ3v) is 2.40. The van der Waals surface area contributed by atoms with Crippen LogP contribution in [0.25, 0.3) is 0 Å². The molecule has 0 aliphatic carbocycles. The lowest BCUT2D eigenvalue weighted by atomic mass is 10.1. The minimum atomic E-state index is -0.161. The van der Waals surface area contributed by atoms with Crippen LogP contribution < -0.4 is 5.32 Å². The monoisotopic (exact) mass is 240 g/mol. The van der Waals surface area contributed by atoms with Crippen molar-refractivity contribution in [3.8, 4) is 0 Å². The van der Waals surface area contributed by atoms with Gasteiger partial charge in [-0.15, -0.1) is 0 Å². The van der Waals surface area contributed by atoms with E-state index in [1.807, 2.05) is 0 Å². The second-order valence-electron chi connectivity index (χ2n) is 4.14. The van der Waals surface area contributed by atoms with Crippen LogP contribution in [-0.2, 0) is 0 Å². The van der Waals surface area contributed by atoms with Gasteiger partial charge in [0, 0.05) is 6.54 Å². The number of aromatic nitrogens is 1. The van der Waals surface area contributed by atoms with Crippen LogP contribution in [0.1, 0.15) is 37.2 Å². The third-order valence-electron chi connectivity index (χ3n) is 2.19. The topological polar surface area (TPSA) is 42.0 Å². The number of hydrogen-bond acceptors (Lipinski definition) is 2. The SMILES string of the molecule is CC(C)CCCNC(=O)c1cccc(Cl)n1. The lowest BCUT2D eigenvalue weighted by Gasteiger charge is -2.06. The van der Waals surface area contributed by atoms with Gasteiger partial charge in [-0.2, -0.15) is 0 Å². The minimum Gasteiger partial charge on any atom is -0.351 e. The maximum absolute atomic E-state index is 11.6. The number of nitrogens with one attached hydrogen (secondary N) is 1. The molecule has 16 heavy (non-hydrogen) atoms. The molecule has 0 saturated heterocycles. The molecule has 0 unspecified atom stereocenters. The van der Waals surface area contributed by atoms with E-state index in [0.717, 1.165) is 12.8 Å². The van der Waals surface area contributed by atoms with Crippen LogP contribution >= 0.6 is 11.6 Å². The average molecular weight is 241 g/mol. The van der Waals surface area contributed by atoms with Crippen molar-refractivity contribution in [3.63, 3.8) is 0 Å². The second-order valence-corrected chi connectivity index (χ2v) is 4.52. The minimum absolute atomic E-state index is 0.161. The number of amides is 1. The molecular weight excluding hydrogens is 224 g/mol. The highest BCUT2D eigenvalue weighted by Gasteiger charge is 2.06. The Bertz CT molecular complexity index is 353. The summed E-state index contributed by atoms with van der Waals surface area (Å²) in [7, 11) is 0. The molecular formula is C12H17ClN2O. The molecule has 0 spiro atoms. The molecule has 3 nitrogen and oxygen atoms in total. The first kappa shape index (κ1) is 13.0. The number of halogens is 1. The second kappa shape index (κ2) is 6.48. The van der Waals surface area contributed by atoms with Gasteiger partial charge in [0.25, 0.3) is 5.91 Å². The van der Waals surface area contributed by atoms with Crippen LogP contribution in [0.5, 0.6) is 0 Å². The first-order valence-corrected chi connectivity index (χ1v) is 5.88. The molecule has 0 fully saturated rings. The fraction of sp³-hybridized carbons (Fsp3) is 0.500. The molecule has 1 rings (SSSR count). The zero-order chi connectivity index (χ0) is 12.0. The number of pyridine rings is 1. The van der Waals surface area contributed by atoms with Gasteiger partial charge in [0.2, 0.25) is 0 Å². The molecule has 1 aromatic rings. The Kier molecular flexibility index (Phi) is 5.26. The van der Waals surface area contributed by atoms with Crippen molar-refractivity contribution in [1.29, 1.82) is 0 Å². The van der Waals surface area contributed by atoms with Gasteiger partial charge in [-0.05, 0) is 30.9 Å². The van der Waals surface area contributed by atoms with E-state index in [9.17, 15) is 4.79 Å². The van der Waals surface area contributed by atoms with Crippen molar-refractivity contribution in [2.45, 2.75) is 26.7 Å². The number of rotatable bonds is 5. The summed E-state index contributed by atoms with van der Waals surface area (Å²) in [5.41, 5.74) is 0.372. The fourth-order valence-electron chi connectivity index (χ4n) is 1.34. The highest BCUT2D eigenvalue weighted by molar-refractivity contribution is 6.29. The summed E-state index contributed by atoms with van der Waals surface area (Å²) in [5, 5.41) is 3.16. The van der Waals surface area contributed by atoms with Crippen molar-refractivity contribution in [2.24, 2.45) is 5.92 Å². The first-order chi connectivity index (χ1) is 7.59. The van der Waals surface area contributed by atoms with E-state index in [4.69, 9.17) is 11.6 Å². The van der Waals surface area contributed by atoms with Crippen LogP contribution in [-0.4, -0.2) is 17.4 Å². The number of carbonyl (C=O) groups excluding carboxylic acids is 1. The van der Waals surface area contributed by atoms with E-state index < -0.39 is 0 Å². The Labute approximate surface area is 101 Å². The molecule has 1 heterocycles. The lowest BCUT2D eigenvalue weighted by molar-refractivity contribution is 0.0947. The quantitative estimate of drug-likeness (QED) is 0.635. The van der Waals surface area contributed by atoms with E-state index in [0.29, 0.717) is 23.3 Å². The number of hydrogen-bond donors (Lipinski definition) is 1. The summed E-state index contributed by atoms with van der Waals surface area (Å²) in [6.07, 6.45) is 2.10. The predicted octanol–water partition coefficient (Wildman–Crippen LogP) is 2.90. The maximum atomic E-state index is 11.6. The molecule has 0 saturated carbocycles. The smallest absolute Gasteiger partial charge is 0.269 e. The molecule has 0 aliphatic heterocycles. The predicted molar refractivity (Wildman–Crippen MR) is 65.7 cm³/mol. The molecule has 1 amide bonds. The Morgan fingerprint density at radius 1 is 1.50 bits per heavy atom. The Morgan fingerprint density at radius 2 is 2.25 bits per heavy atom. The van der Waals surface area contributed by atoms with E-state index >= 15 is 0 Å². The molecule has 0 radical (unpaired) electrons. The van der Waals surface area contributed by atoms with E-state index in [1.54, 1.807) is 18.2 Å².